The molecule has 0 aromatic rings. The lowest BCUT2D eigenvalue weighted by Gasteiger charge is -2.64. The molecule has 4 aliphatic rings. The maximum Gasteiger partial charge on any atom is 0.303 e. The van der Waals surface area contributed by atoms with Crippen molar-refractivity contribution in [1.82, 2.24) is 0 Å². The SMILES string of the molecule is [2H]C([2H])(C[C@@H](C)[C@H]1CC[C@H]2[C@H]3[C@H](CC[C@]12C)[C@@]1(C)CC[C@@H](O)C[C@H]1[C@]([2H])(CC)[C@@]3([2H])O)C(=O)O. The van der Waals surface area contributed by atoms with Crippen LogP contribution in [0.4, 0.5) is 0 Å². The molecule has 0 unspecified atom stereocenters. The predicted molar refractivity (Wildman–Crippen MR) is 118 cm³/mol. The summed E-state index contributed by atoms with van der Waals surface area (Å²) in [5.74, 6) is -3.16. The minimum absolute atomic E-state index is 0.0381. The number of rotatable bonds is 5. The van der Waals surface area contributed by atoms with E-state index in [0.717, 1.165) is 32.1 Å². The zero-order valence-electron chi connectivity index (χ0n) is 23.2. The van der Waals surface area contributed by atoms with E-state index in [0.29, 0.717) is 19.3 Å². The smallest absolute Gasteiger partial charge is 0.303 e. The van der Waals surface area contributed by atoms with E-state index in [4.69, 9.17) is 2.74 Å². The van der Waals surface area contributed by atoms with Crippen molar-refractivity contribution in [3.8, 4) is 0 Å². The van der Waals surface area contributed by atoms with Crippen molar-refractivity contribution >= 4 is 5.97 Å². The van der Waals surface area contributed by atoms with Crippen molar-refractivity contribution in [1.29, 1.82) is 0 Å². The average molecular weight is 425 g/mol. The van der Waals surface area contributed by atoms with Crippen molar-refractivity contribution < 1.29 is 25.6 Å². The average Bonchev–Trinajstić information content (AvgIpc) is 3.10. The van der Waals surface area contributed by atoms with E-state index in [9.17, 15) is 22.9 Å². The molecule has 0 aromatic heterocycles. The quantitative estimate of drug-likeness (QED) is 0.573. The van der Waals surface area contributed by atoms with Crippen LogP contribution in [0.5, 0.6) is 0 Å². The summed E-state index contributed by atoms with van der Waals surface area (Å²) in [4.78, 5) is 11.4. The minimum atomic E-state index is -2.27. The van der Waals surface area contributed by atoms with Gasteiger partial charge in [0.1, 0.15) is 0 Å². The van der Waals surface area contributed by atoms with Gasteiger partial charge in [0.25, 0.3) is 0 Å². The van der Waals surface area contributed by atoms with Gasteiger partial charge in [-0.3, -0.25) is 4.79 Å². The highest BCUT2D eigenvalue weighted by molar-refractivity contribution is 5.66. The summed E-state index contributed by atoms with van der Waals surface area (Å²) in [7, 11) is 0. The number of carboxylic acids is 1. The number of aliphatic hydroxyl groups excluding tert-OH is 1. The van der Waals surface area contributed by atoms with E-state index < -0.39 is 30.4 Å². The van der Waals surface area contributed by atoms with Crippen LogP contribution in [0, 0.1) is 52.2 Å². The van der Waals surface area contributed by atoms with Gasteiger partial charge in [-0.2, -0.15) is 0 Å². The molecule has 4 fully saturated rings. The molecule has 0 saturated heterocycles. The first kappa shape index (κ1) is 17.9. The molecule has 30 heavy (non-hydrogen) atoms. The van der Waals surface area contributed by atoms with E-state index in [1.54, 1.807) is 0 Å². The lowest BCUT2D eigenvalue weighted by atomic mass is 9.41. The van der Waals surface area contributed by atoms with Crippen molar-refractivity contribution in [3.63, 3.8) is 0 Å². The summed E-state index contributed by atoms with van der Waals surface area (Å²) in [6, 6.07) is 0. The fraction of sp³-hybridized carbons (Fsp3) is 0.962. The largest absolute Gasteiger partial charge is 0.481 e. The molecule has 0 radical (unpaired) electrons. The van der Waals surface area contributed by atoms with Crippen LogP contribution in [0.1, 0.15) is 97.3 Å². The Balaban J connectivity index is 1.71. The molecule has 0 bridgehead atoms. The molecule has 0 amide bonds. The van der Waals surface area contributed by atoms with Crippen molar-refractivity contribution in [3.05, 3.63) is 0 Å². The third kappa shape index (κ3) is 3.36. The first-order valence-electron chi connectivity index (χ1n) is 14.2. The van der Waals surface area contributed by atoms with E-state index in [1.807, 2.05) is 13.8 Å². The number of carboxylic acid groups (broad SMARTS) is 1. The molecule has 172 valence electrons. The molecule has 4 saturated carbocycles. The number of aliphatic carboxylic acids is 1. The lowest BCUT2D eigenvalue weighted by Crippen LogP contribution is -2.62. The Labute approximate surface area is 188 Å². The first-order chi connectivity index (χ1) is 15.6. The van der Waals surface area contributed by atoms with Crippen LogP contribution < -0.4 is 0 Å². The second kappa shape index (κ2) is 8.06. The molecule has 4 aliphatic carbocycles. The summed E-state index contributed by atoms with van der Waals surface area (Å²) in [6.45, 7) is 8.31. The van der Waals surface area contributed by atoms with Crippen molar-refractivity contribution in [2.45, 2.75) is 104 Å². The van der Waals surface area contributed by atoms with Crippen LogP contribution in [0.3, 0.4) is 0 Å². The molecule has 0 aliphatic heterocycles. The second-order valence-corrected chi connectivity index (χ2v) is 11.4. The summed E-state index contributed by atoms with van der Waals surface area (Å²) >= 11 is 0. The third-order valence-electron chi connectivity index (χ3n) is 10.2. The fourth-order valence-electron chi connectivity index (χ4n) is 8.74. The number of aliphatic hydroxyl groups is 2. The molecule has 0 heterocycles. The molecular weight excluding hydrogens is 376 g/mol. The second-order valence-electron chi connectivity index (χ2n) is 11.4. The highest BCUT2D eigenvalue weighted by atomic mass is 16.4. The third-order valence-corrected chi connectivity index (χ3v) is 10.2. The van der Waals surface area contributed by atoms with Crippen LogP contribution >= 0.6 is 0 Å². The maximum atomic E-state index is 11.9. The molecule has 11 atom stereocenters. The van der Waals surface area contributed by atoms with Crippen molar-refractivity contribution in [2.75, 3.05) is 0 Å². The Morgan fingerprint density at radius 1 is 1.10 bits per heavy atom. The van der Waals surface area contributed by atoms with Crippen LogP contribution in [0.25, 0.3) is 0 Å². The molecule has 4 rings (SSSR count). The van der Waals surface area contributed by atoms with Gasteiger partial charge in [-0.1, -0.05) is 34.1 Å². The number of carbonyl (C=O) groups is 1. The molecule has 3 N–H and O–H groups in total. The Morgan fingerprint density at radius 2 is 1.77 bits per heavy atom. The van der Waals surface area contributed by atoms with Crippen molar-refractivity contribution in [2.24, 2.45) is 52.2 Å². The Bertz CT molecular complexity index is 821. The van der Waals surface area contributed by atoms with Gasteiger partial charge in [0.15, 0.2) is 0 Å². The van der Waals surface area contributed by atoms with Gasteiger partial charge in [0.05, 0.1) is 13.6 Å². The monoisotopic (exact) mass is 424 g/mol. The zero-order chi connectivity index (χ0) is 25.5. The van der Waals surface area contributed by atoms with E-state index in [-0.39, 0.29) is 52.8 Å². The van der Waals surface area contributed by atoms with E-state index >= 15 is 0 Å². The van der Waals surface area contributed by atoms with Crippen LogP contribution in [-0.2, 0) is 4.79 Å². The highest BCUT2D eigenvalue weighted by Crippen LogP contribution is 2.69. The van der Waals surface area contributed by atoms with E-state index in [2.05, 4.69) is 13.8 Å². The highest BCUT2D eigenvalue weighted by Gasteiger charge is 2.64. The maximum absolute atomic E-state index is 11.9. The predicted octanol–water partition coefficient (Wildman–Crippen LogP) is 5.11. The van der Waals surface area contributed by atoms with Crippen LogP contribution in [-0.4, -0.2) is 33.5 Å². The normalized spacial score (nSPS) is 58.9. The summed E-state index contributed by atoms with van der Waals surface area (Å²) in [5, 5.41) is 31.7. The van der Waals surface area contributed by atoms with Gasteiger partial charge in [-0.25, -0.2) is 0 Å². The minimum Gasteiger partial charge on any atom is -0.481 e. The standard InChI is InChI=1S/C26H44O4/c1-5-17-21-14-16(27)10-12-26(21,4)20-11-13-25(3)18(15(2)6-9-22(28)29)7-8-19(25)23(20)24(17)30/h15-21,23-24,27,30H,5-14H2,1-4H3,(H,28,29)/t15-,16-,17+,18-,19+,20+,21+,23+,24-,25-,26-/m1/s1/i9D2,17D,24D. The Morgan fingerprint density at radius 3 is 2.43 bits per heavy atom. The first-order valence-corrected chi connectivity index (χ1v) is 12.2. The molecule has 0 spiro atoms. The molecule has 4 nitrogen and oxygen atoms in total. The van der Waals surface area contributed by atoms with Gasteiger partial charge in [0.2, 0.25) is 0 Å². The van der Waals surface area contributed by atoms with Crippen LogP contribution in [0.2, 0.25) is 0 Å². The van der Waals surface area contributed by atoms with E-state index in [1.165, 1.54) is 0 Å². The summed E-state index contributed by atoms with van der Waals surface area (Å²) < 4.78 is 34.7. The molecule has 0 aromatic carbocycles. The number of hydrogen-bond acceptors (Lipinski definition) is 3. The molecule has 4 heteroatoms. The Hall–Kier alpha value is -0.610. The van der Waals surface area contributed by atoms with Gasteiger partial charge < -0.3 is 15.3 Å². The van der Waals surface area contributed by atoms with Gasteiger partial charge >= 0.3 is 5.97 Å². The molecular formula is C26H44O4. The van der Waals surface area contributed by atoms with Gasteiger partial charge in [-0.15, -0.1) is 0 Å². The number of hydrogen-bond donors (Lipinski definition) is 3. The Kier molecular flexibility index (Phi) is 4.81. The zero-order valence-corrected chi connectivity index (χ0v) is 19.2. The topological polar surface area (TPSA) is 77.8 Å². The van der Waals surface area contributed by atoms with Gasteiger partial charge in [-0.05, 0) is 104 Å². The summed E-state index contributed by atoms with van der Waals surface area (Å²) in [6.07, 6.45) is 1.11. The lowest BCUT2D eigenvalue weighted by molar-refractivity contribution is -0.203. The van der Waals surface area contributed by atoms with Gasteiger partial charge in [0, 0.05) is 10.5 Å². The number of fused-ring (bicyclic) bond motifs is 5. The van der Waals surface area contributed by atoms with Crippen LogP contribution in [0.15, 0.2) is 0 Å². The fourth-order valence-corrected chi connectivity index (χ4v) is 8.74. The summed E-state index contributed by atoms with van der Waals surface area (Å²) in [5.41, 5.74) is -0.406.